The molecule has 1 atom stereocenters. The van der Waals surface area contributed by atoms with Gasteiger partial charge in [-0.3, -0.25) is 0 Å². The largest absolute Gasteiger partial charge is 0.490 e. The summed E-state index contributed by atoms with van der Waals surface area (Å²) in [7, 11) is 0. The van der Waals surface area contributed by atoms with E-state index in [1.165, 1.54) is 6.07 Å². The minimum Gasteiger partial charge on any atom is -0.490 e. The van der Waals surface area contributed by atoms with Crippen LogP contribution in [0.3, 0.4) is 0 Å². The van der Waals surface area contributed by atoms with Crippen molar-refractivity contribution in [3.05, 3.63) is 16.3 Å². The Bertz CT molecular complexity index is 496. The summed E-state index contributed by atoms with van der Waals surface area (Å²) in [6, 6.07) is -0.759. The fraction of sp³-hybridized carbons (Fsp3) is 0.615. The van der Waals surface area contributed by atoms with E-state index in [2.05, 4.69) is 0 Å². The summed E-state index contributed by atoms with van der Waals surface area (Å²) in [5.41, 5.74) is -0.904. The summed E-state index contributed by atoms with van der Waals surface area (Å²) >= 11 is 1.16. The molecule has 0 aliphatic rings. The van der Waals surface area contributed by atoms with Gasteiger partial charge >= 0.3 is 12.3 Å². The van der Waals surface area contributed by atoms with E-state index in [0.717, 1.165) is 11.3 Å². The molecule has 0 saturated heterocycles. The van der Waals surface area contributed by atoms with Gasteiger partial charge in [-0.05, 0) is 32.2 Å². The molecule has 1 heterocycles. The average Bonchev–Trinajstić information content (AvgIpc) is 2.78. The topological polar surface area (TPSA) is 67.8 Å². The molecule has 0 saturated carbocycles. The number of halogens is 3. The third kappa shape index (κ3) is 6.10. The molecule has 0 aromatic carbocycles. The number of amides is 1. The minimum atomic E-state index is -4.69. The number of hydrogen-bond donors (Lipinski definition) is 2. The van der Waals surface area contributed by atoms with E-state index in [9.17, 15) is 18.0 Å². The first-order chi connectivity index (χ1) is 10.0. The summed E-state index contributed by atoms with van der Waals surface area (Å²) < 4.78 is 48.6. The number of aliphatic hydroxyl groups excluding tert-OH is 1. The maximum absolute atomic E-state index is 12.9. The van der Waals surface area contributed by atoms with E-state index in [4.69, 9.17) is 14.6 Å². The van der Waals surface area contributed by atoms with E-state index < -0.39 is 30.5 Å². The van der Waals surface area contributed by atoms with Crippen molar-refractivity contribution in [3.63, 3.8) is 0 Å². The number of aliphatic hydroxyl groups is 1. The van der Waals surface area contributed by atoms with Crippen LogP contribution in [0.2, 0.25) is 0 Å². The quantitative estimate of drug-likeness (QED) is 0.864. The molecule has 5 nitrogen and oxygen atoms in total. The number of nitrogens with one attached hydrogen (secondary N) is 1. The summed E-state index contributed by atoms with van der Waals surface area (Å²) in [4.78, 5) is 11.9. The molecule has 0 spiro atoms. The van der Waals surface area contributed by atoms with E-state index in [1.807, 2.05) is 0 Å². The van der Waals surface area contributed by atoms with Crippen molar-refractivity contribution in [3.8, 4) is 5.75 Å². The predicted octanol–water partition coefficient (Wildman–Crippen LogP) is 3.07. The SMILES string of the molecule is CC(C)(C)OC(=O)NC(COc1ccsc1CO)C(F)(F)F. The van der Waals surface area contributed by atoms with E-state index in [-0.39, 0.29) is 12.4 Å². The monoisotopic (exact) mass is 341 g/mol. The zero-order valence-corrected chi connectivity index (χ0v) is 13.2. The molecule has 1 aromatic heterocycles. The Kier molecular flexibility index (Phi) is 6.07. The lowest BCUT2D eigenvalue weighted by molar-refractivity contribution is -0.161. The van der Waals surface area contributed by atoms with Crippen molar-refractivity contribution < 1.29 is 32.5 Å². The Hall–Kier alpha value is -1.48. The Morgan fingerprint density at radius 3 is 2.55 bits per heavy atom. The van der Waals surface area contributed by atoms with Crippen LogP contribution in [0.5, 0.6) is 5.75 Å². The van der Waals surface area contributed by atoms with Gasteiger partial charge in [0.25, 0.3) is 0 Å². The maximum Gasteiger partial charge on any atom is 0.412 e. The van der Waals surface area contributed by atoms with Gasteiger partial charge in [-0.1, -0.05) is 0 Å². The molecule has 0 bridgehead atoms. The molecule has 0 aliphatic heterocycles. The Morgan fingerprint density at radius 1 is 1.41 bits per heavy atom. The van der Waals surface area contributed by atoms with Gasteiger partial charge in [0.05, 0.1) is 11.5 Å². The Labute approximate surface area is 130 Å². The van der Waals surface area contributed by atoms with Crippen molar-refractivity contribution in [2.75, 3.05) is 6.61 Å². The van der Waals surface area contributed by atoms with Gasteiger partial charge in [0.15, 0.2) is 6.04 Å². The van der Waals surface area contributed by atoms with Crippen LogP contribution in [0, 0.1) is 0 Å². The molecule has 2 N–H and O–H groups in total. The molecule has 1 aromatic rings. The standard InChI is InChI=1S/C13H18F3NO4S/c1-12(2,3)21-11(19)17-10(13(14,15)16)7-20-8-4-5-22-9(8)6-18/h4-5,10,18H,6-7H2,1-3H3,(H,17,19). The Balaban J connectivity index is 2.68. The highest BCUT2D eigenvalue weighted by molar-refractivity contribution is 7.10. The second-order valence-electron chi connectivity index (χ2n) is 5.42. The lowest BCUT2D eigenvalue weighted by atomic mass is 10.2. The highest BCUT2D eigenvalue weighted by Crippen LogP contribution is 2.27. The van der Waals surface area contributed by atoms with Gasteiger partial charge < -0.3 is 19.9 Å². The third-order valence-electron chi connectivity index (χ3n) is 2.34. The molecule has 0 aliphatic carbocycles. The van der Waals surface area contributed by atoms with E-state index in [1.54, 1.807) is 31.5 Å². The number of hydrogen-bond acceptors (Lipinski definition) is 5. The normalized spacial score (nSPS) is 13.6. The second kappa shape index (κ2) is 7.19. The summed E-state index contributed by atoms with van der Waals surface area (Å²) in [6.07, 6.45) is -5.86. The van der Waals surface area contributed by atoms with Gasteiger partial charge in [0.2, 0.25) is 0 Å². The van der Waals surface area contributed by atoms with Gasteiger partial charge in [-0.25, -0.2) is 4.79 Å². The summed E-state index contributed by atoms with van der Waals surface area (Å²) in [5.74, 6) is 0.160. The summed E-state index contributed by atoms with van der Waals surface area (Å²) in [5, 5.41) is 12.4. The highest BCUT2D eigenvalue weighted by Gasteiger charge is 2.42. The molecule has 126 valence electrons. The number of carbonyl (C=O) groups excluding carboxylic acids is 1. The number of alkyl carbamates (subject to hydrolysis) is 1. The number of thiophene rings is 1. The molecular formula is C13H18F3NO4S. The van der Waals surface area contributed by atoms with Crippen molar-refractivity contribution in [1.82, 2.24) is 5.32 Å². The van der Waals surface area contributed by atoms with Gasteiger partial charge in [-0.2, -0.15) is 13.2 Å². The fourth-order valence-corrected chi connectivity index (χ4v) is 2.09. The van der Waals surface area contributed by atoms with Crippen molar-refractivity contribution in [2.24, 2.45) is 0 Å². The first-order valence-corrected chi connectivity index (χ1v) is 7.27. The van der Waals surface area contributed by atoms with Gasteiger partial charge in [0.1, 0.15) is 18.0 Å². The minimum absolute atomic E-state index is 0.160. The molecule has 1 rings (SSSR count). The van der Waals surface area contributed by atoms with Crippen molar-refractivity contribution >= 4 is 17.4 Å². The van der Waals surface area contributed by atoms with Crippen LogP contribution in [0.15, 0.2) is 11.4 Å². The molecular weight excluding hydrogens is 323 g/mol. The lowest BCUT2D eigenvalue weighted by Gasteiger charge is -2.25. The summed E-state index contributed by atoms with van der Waals surface area (Å²) in [6.45, 7) is 3.50. The van der Waals surface area contributed by atoms with Crippen LogP contribution in [0.25, 0.3) is 0 Å². The van der Waals surface area contributed by atoms with Crippen molar-refractivity contribution in [2.45, 2.75) is 45.2 Å². The zero-order chi connectivity index (χ0) is 17.0. The predicted molar refractivity (Wildman–Crippen MR) is 74.9 cm³/mol. The molecule has 0 fully saturated rings. The lowest BCUT2D eigenvalue weighted by Crippen LogP contribution is -2.50. The maximum atomic E-state index is 12.9. The van der Waals surface area contributed by atoms with Crippen LogP contribution < -0.4 is 10.1 Å². The molecule has 0 radical (unpaired) electrons. The number of alkyl halides is 3. The molecule has 9 heteroatoms. The Morgan fingerprint density at radius 2 is 2.05 bits per heavy atom. The van der Waals surface area contributed by atoms with Crippen LogP contribution in [-0.4, -0.2) is 35.6 Å². The molecule has 1 amide bonds. The smallest absolute Gasteiger partial charge is 0.412 e. The average molecular weight is 341 g/mol. The van der Waals surface area contributed by atoms with Crippen LogP contribution in [0.4, 0.5) is 18.0 Å². The molecule has 22 heavy (non-hydrogen) atoms. The highest BCUT2D eigenvalue weighted by atomic mass is 32.1. The first kappa shape index (κ1) is 18.6. The van der Waals surface area contributed by atoms with Crippen LogP contribution >= 0.6 is 11.3 Å². The fourth-order valence-electron chi connectivity index (χ4n) is 1.41. The van der Waals surface area contributed by atoms with E-state index >= 15 is 0 Å². The zero-order valence-electron chi connectivity index (χ0n) is 12.4. The van der Waals surface area contributed by atoms with Crippen LogP contribution in [0.1, 0.15) is 25.6 Å². The van der Waals surface area contributed by atoms with Gasteiger partial charge in [-0.15, -0.1) is 11.3 Å². The van der Waals surface area contributed by atoms with Crippen LogP contribution in [-0.2, 0) is 11.3 Å². The van der Waals surface area contributed by atoms with E-state index in [0.29, 0.717) is 4.88 Å². The third-order valence-corrected chi connectivity index (χ3v) is 3.23. The van der Waals surface area contributed by atoms with Gasteiger partial charge in [0, 0.05) is 0 Å². The first-order valence-electron chi connectivity index (χ1n) is 6.39. The number of carbonyl (C=O) groups is 1. The van der Waals surface area contributed by atoms with Crippen molar-refractivity contribution in [1.29, 1.82) is 0 Å². The molecule has 1 unspecified atom stereocenters. The second-order valence-corrected chi connectivity index (χ2v) is 6.42. The number of rotatable bonds is 5. The number of ether oxygens (including phenoxy) is 2.